The van der Waals surface area contributed by atoms with Gasteiger partial charge >= 0.3 is 0 Å². The molecular weight excluding hydrogens is 308 g/mol. The average Bonchev–Trinajstić information content (AvgIpc) is 3.02. The number of hydrogen-bond acceptors (Lipinski definition) is 4. The zero-order valence-electron chi connectivity index (χ0n) is 14.4. The Morgan fingerprint density at radius 1 is 1.46 bits per heavy atom. The molecule has 1 aromatic carbocycles. The van der Waals surface area contributed by atoms with Gasteiger partial charge in [0.05, 0.1) is 12.5 Å². The third-order valence-electron chi connectivity index (χ3n) is 4.43. The molecule has 1 saturated heterocycles. The first-order valence-corrected chi connectivity index (χ1v) is 8.31. The summed E-state index contributed by atoms with van der Waals surface area (Å²) in [5.74, 6) is 1.19. The van der Waals surface area contributed by atoms with Crippen LogP contribution in [0.25, 0.3) is 0 Å². The Morgan fingerprint density at radius 3 is 2.96 bits per heavy atom. The van der Waals surface area contributed by atoms with Crippen molar-refractivity contribution < 1.29 is 19.1 Å². The molecule has 0 saturated carbocycles. The van der Waals surface area contributed by atoms with Crippen molar-refractivity contribution in [2.24, 2.45) is 5.92 Å². The van der Waals surface area contributed by atoms with Crippen molar-refractivity contribution in [3.63, 3.8) is 0 Å². The molecule has 2 aliphatic rings. The SMILES string of the molecule is CN1CC(C(=O)NCCOc2cccc3c2OC(C)(C)C3)CC1=O. The first-order chi connectivity index (χ1) is 11.4. The van der Waals surface area contributed by atoms with Crippen LogP contribution in [0.1, 0.15) is 25.8 Å². The smallest absolute Gasteiger partial charge is 0.225 e. The fraction of sp³-hybridized carbons (Fsp3) is 0.556. The van der Waals surface area contributed by atoms with Crippen molar-refractivity contribution in [1.82, 2.24) is 10.2 Å². The summed E-state index contributed by atoms with van der Waals surface area (Å²) in [6.07, 6.45) is 1.15. The van der Waals surface area contributed by atoms with Gasteiger partial charge in [-0.2, -0.15) is 0 Å². The van der Waals surface area contributed by atoms with Crippen molar-refractivity contribution >= 4 is 11.8 Å². The lowest BCUT2D eigenvalue weighted by molar-refractivity contribution is -0.128. The number of hydrogen-bond donors (Lipinski definition) is 1. The van der Waals surface area contributed by atoms with Gasteiger partial charge in [-0.1, -0.05) is 12.1 Å². The standard InChI is InChI=1S/C18H24N2O4/c1-18(2)10-12-5-4-6-14(16(12)24-18)23-8-7-19-17(22)13-9-15(21)20(3)11-13/h4-6,13H,7-11H2,1-3H3,(H,19,22). The number of amides is 2. The number of carbonyl (C=O) groups is 2. The third-order valence-corrected chi connectivity index (χ3v) is 4.43. The molecule has 0 radical (unpaired) electrons. The summed E-state index contributed by atoms with van der Waals surface area (Å²) in [5, 5.41) is 2.84. The minimum absolute atomic E-state index is 0.0195. The highest BCUT2D eigenvalue weighted by Crippen LogP contribution is 2.41. The number of carbonyl (C=O) groups excluding carboxylic acids is 2. The van der Waals surface area contributed by atoms with Crippen molar-refractivity contribution in [1.29, 1.82) is 0 Å². The summed E-state index contributed by atoms with van der Waals surface area (Å²) < 4.78 is 11.7. The monoisotopic (exact) mass is 332 g/mol. The summed E-state index contributed by atoms with van der Waals surface area (Å²) in [6.45, 7) is 5.36. The number of fused-ring (bicyclic) bond motifs is 1. The van der Waals surface area contributed by atoms with E-state index in [1.54, 1.807) is 11.9 Å². The van der Waals surface area contributed by atoms with Crippen LogP contribution in [-0.2, 0) is 16.0 Å². The first kappa shape index (κ1) is 16.6. The summed E-state index contributed by atoms with van der Waals surface area (Å²) in [5.41, 5.74) is 0.936. The van der Waals surface area contributed by atoms with E-state index in [0.29, 0.717) is 25.4 Å². The third kappa shape index (κ3) is 3.47. The van der Waals surface area contributed by atoms with E-state index in [9.17, 15) is 9.59 Å². The van der Waals surface area contributed by atoms with E-state index in [2.05, 4.69) is 19.2 Å². The Labute approximate surface area is 142 Å². The van der Waals surface area contributed by atoms with Crippen molar-refractivity contribution in [2.45, 2.75) is 32.3 Å². The Morgan fingerprint density at radius 2 is 2.25 bits per heavy atom. The number of para-hydroxylation sites is 1. The van der Waals surface area contributed by atoms with Gasteiger partial charge in [0, 0.05) is 32.0 Å². The number of nitrogens with zero attached hydrogens (tertiary/aromatic N) is 1. The van der Waals surface area contributed by atoms with Crippen LogP contribution >= 0.6 is 0 Å². The van der Waals surface area contributed by atoms with E-state index in [0.717, 1.165) is 17.7 Å². The molecule has 1 atom stereocenters. The maximum atomic E-state index is 12.0. The van der Waals surface area contributed by atoms with Crippen LogP contribution in [0.5, 0.6) is 11.5 Å². The van der Waals surface area contributed by atoms with Crippen LogP contribution in [0.3, 0.4) is 0 Å². The highest BCUT2D eigenvalue weighted by atomic mass is 16.5. The van der Waals surface area contributed by atoms with E-state index >= 15 is 0 Å². The molecule has 0 aliphatic carbocycles. The molecule has 6 nitrogen and oxygen atoms in total. The fourth-order valence-corrected chi connectivity index (χ4v) is 3.22. The molecule has 1 unspecified atom stereocenters. The largest absolute Gasteiger partial charge is 0.488 e. The Bertz CT molecular complexity index is 656. The van der Waals surface area contributed by atoms with Gasteiger partial charge in [-0.05, 0) is 19.9 Å². The highest BCUT2D eigenvalue weighted by Gasteiger charge is 2.33. The fourth-order valence-electron chi connectivity index (χ4n) is 3.22. The molecule has 0 spiro atoms. The topological polar surface area (TPSA) is 67.9 Å². The molecule has 0 bridgehead atoms. The van der Waals surface area contributed by atoms with E-state index in [1.165, 1.54) is 0 Å². The Balaban J connectivity index is 1.48. The van der Waals surface area contributed by atoms with Crippen LogP contribution in [0.4, 0.5) is 0 Å². The van der Waals surface area contributed by atoms with Gasteiger partial charge in [0.1, 0.15) is 12.2 Å². The Hall–Kier alpha value is -2.24. The lowest BCUT2D eigenvalue weighted by atomic mass is 10.0. The molecule has 2 amide bonds. The predicted octanol–water partition coefficient (Wildman–Crippen LogP) is 1.37. The molecule has 1 N–H and O–H groups in total. The van der Waals surface area contributed by atoms with Crippen molar-refractivity contribution in [3.05, 3.63) is 23.8 Å². The van der Waals surface area contributed by atoms with Gasteiger partial charge in [-0.3, -0.25) is 9.59 Å². The van der Waals surface area contributed by atoms with Crippen molar-refractivity contribution in [2.75, 3.05) is 26.7 Å². The number of benzene rings is 1. The van der Waals surface area contributed by atoms with Gasteiger partial charge < -0.3 is 19.7 Å². The first-order valence-electron chi connectivity index (χ1n) is 8.31. The van der Waals surface area contributed by atoms with Crippen molar-refractivity contribution in [3.8, 4) is 11.5 Å². The zero-order chi connectivity index (χ0) is 17.3. The Kier molecular flexibility index (Phi) is 4.39. The number of likely N-dealkylation sites (tertiary alicyclic amines) is 1. The summed E-state index contributed by atoms with van der Waals surface area (Å²) in [6, 6.07) is 5.89. The second kappa shape index (κ2) is 6.34. The van der Waals surface area contributed by atoms with Gasteiger partial charge in [-0.25, -0.2) is 0 Å². The lowest BCUT2D eigenvalue weighted by Crippen LogP contribution is -2.34. The molecule has 3 rings (SSSR count). The van der Waals surface area contributed by atoms with E-state index < -0.39 is 0 Å². The average molecular weight is 332 g/mol. The summed E-state index contributed by atoms with van der Waals surface area (Å²) in [7, 11) is 1.72. The van der Waals surface area contributed by atoms with Gasteiger partial charge in [-0.15, -0.1) is 0 Å². The molecule has 2 heterocycles. The molecular formula is C18H24N2O4. The molecule has 24 heavy (non-hydrogen) atoms. The summed E-state index contributed by atoms with van der Waals surface area (Å²) in [4.78, 5) is 25.1. The van der Waals surface area contributed by atoms with E-state index in [4.69, 9.17) is 9.47 Å². The van der Waals surface area contributed by atoms with Crippen LogP contribution in [-0.4, -0.2) is 49.1 Å². The van der Waals surface area contributed by atoms with E-state index in [-0.39, 0.29) is 29.8 Å². The maximum Gasteiger partial charge on any atom is 0.225 e. The quantitative estimate of drug-likeness (QED) is 0.827. The molecule has 6 heteroatoms. The normalized spacial score (nSPS) is 21.4. The number of rotatable bonds is 5. The van der Waals surface area contributed by atoms with Crippen LogP contribution in [0, 0.1) is 5.92 Å². The summed E-state index contributed by atoms with van der Waals surface area (Å²) >= 11 is 0. The lowest BCUT2D eigenvalue weighted by Gasteiger charge is -2.18. The minimum Gasteiger partial charge on any atom is -0.488 e. The van der Waals surface area contributed by atoms with Crippen LogP contribution in [0.2, 0.25) is 0 Å². The zero-order valence-corrected chi connectivity index (χ0v) is 14.4. The molecule has 1 aromatic rings. The number of ether oxygens (including phenoxy) is 2. The predicted molar refractivity (Wildman–Crippen MR) is 89.1 cm³/mol. The second-order valence-corrected chi connectivity index (χ2v) is 7.10. The van der Waals surface area contributed by atoms with Crippen LogP contribution in [0.15, 0.2) is 18.2 Å². The second-order valence-electron chi connectivity index (χ2n) is 7.10. The maximum absolute atomic E-state index is 12.0. The molecule has 0 aromatic heterocycles. The molecule has 1 fully saturated rings. The van der Waals surface area contributed by atoms with Gasteiger partial charge in [0.25, 0.3) is 0 Å². The van der Waals surface area contributed by atoms with Crippen LogP contribution < -0.4 is 14.8 Å². The number of nitrogens with one attached hydrogen (secondary N) is 1. The van der Waals surface area contributed by atoms with Gasteiger partial charge in [0.2, 0.25) is 11.8 Å². The highest BCUT2D eigenvalue weighted by molar-refractivity contribution is 5.89. The molecule has 2 aliphatic heterocycles. The van der Waals surface area contributed by atoms with E-state index in [1.807, 2.05) is 18.2 Å². The molecule has 130 valence electrons. The van der Waals surface area contributed by atoms with Gasteiger partial charge in [0.15, 0.2) is 11.5 Å². The minimum atomic E-state index is -0.257.